The van der Waals surface area contributed by atoms with Gasteiger partial charge in [-0.05, 0) is 62.1 Å². The Morgan fingerprint density at radius 3 is 3.00 bits per heavy atom. The number of hydrogen-bond donors (Lipinski definition) is 1. The SMILES string of the molecule is COC(=O)C(C)CCC1=CC2Cc3nc4cc(Cl)ccc4c(N)c3C(C1)C2. The van der Waals surface area contributed by atoms with E-state index in [1.54, 1.807) is 0 Å². The van der Waals surface area contributed by atoms with E-state index in [-0.39, 0.29) is 11.9 Å². The summed E-state index contributed by atoms with van der Waals surface area (Å²) in [5.74, 6) is 0.726. The van der Waals surface area contributed by atoms with Crippen molar-refractivity contribution in [3.05, 3.63) is 46.1 Å². The summed E-state index contributed by atoms with van der Waals surface area (Å²) in [6.07, 6.45) is 7.23. The Morgan fingerprint density at radius 2 is 2.22 bits per heavy atom. The lowest BCUT2D eigenvalue weighted by Gasteiger charge is -2.36. The number of esters is 1. The molecule has 3 unspecified atom stereocenters. The molecule has 2 aliphatic carbocycles. The highest BCUT2D eigenvalue weighted by atomic mass is 35.5. The summed E-state index contributed by atoms with van der Waals surface area (Å²) < 4.78 is 4.85. The molecule has 2 N–H and O–H groups in total. The van der Waals surface area contributed by atoms with Gasteiger partial charge in [-0.3, -0.25) is 9.78 Å². The number of hydrogen-bond acceptors (Lipinski definition) is 4. The number of methoxy groups -OCH3 is 1. The number of allylic oxidation sites excluding steroid dienone is 2. The van der Waals surface area contributed by atoms with Crippen LogP contribution in [0.25, 0.3) is 10.9 Å². The number of anilines is 1. The molecule has 0 saturated heterocycles. The topological polar surface area (TPSA) is 65.2 Å². The van der Waals surface area contributed by atoms with E-state index in [4.69, 9.17) is 27.1 Å². The van der Waals surface area contributed by atoms with Gasteiger partial charge < -0.3 is 10.5 Å². The van der Waals surface area contributed by atoms with Gasteiger partial charge in [-0.25, -0.2) is 0 Å². The molecule has 0 radical (unpaired) electrons. The number of benzene rings is 1. The van der Waals surface area contributed by atoms with Crippen LogP contribution in [-0.4, -0.2) is 18.1 Å². The molecule has 2 aliphatic rings. The van der Waals surface area contributed by atoms with Crippen LogP contribution in [0.5, 0.6) is 0 Å². The zero-order chi connectivity index (χ0) is 19.1. The van der Waals surface area contributed by atoms with Gasteiger partial charge in [0.2, 0.25) is 0 Å². The Balaban J connectivity index is 1.60. The Bertz CT molecular complexity index is 938. The van der Waals surface area contributed by atoms with Crippen LogP contribution in [0.15, 0.2) is 29.8 Å². The molecule has 2 bridgehead atoms. The van der Waals surface area contributed by atoms with Crippen molar-refractivity contribution in [1.29, 1.82) is 0 Å². The molecule has 2 aromatic rings. The van der Waals surface area contributed by atoms with E-state index in [2.05, 4.69) is 6.08 Å². The minimum atomic E-state index is -0.129. The third-order valence-corrected chi connectivity index (χ3v) is 6.27. The second kappa shape index (κ2) is 7.16. The fraction of sp³-hybridized carbons (Fsp3) is 0.455. The van der Waals surface area contributed by atoms with E-state index in [1.165, 1.54) is 18.2 Å². The van der Waals surface area contributed by atoms with Gasteiger partial charge in [0.05, 0.1) is 18.5 Å². The fourth-order valence-corrected chi connectivity index (χ4v) is 4.86. The van der Waals surface area contributed by atoms with Gasteiger partial charge in [0.25, 0.3) is 0 Å². The summed E-state index contributed by atoms with van der Waals surface area (Å²) in [7, 11) is 1.45. The Kier molecular flexibility index (Phi) is 4.85. The molecule has 5 heteroatoms. The van der Waals surface area contributed by atoms with E-state index in [9.17, 15) is 4.79 Å². The predicted octanol–water partition coefficient (Wildman–Crippen LogP) is 5.04. The Labute approximate surface area is 164 Å². The van der Waals surface area contributed by atoms with E-state index >= 15 is 0 Å². The van der Waals surface area contributed by atoms with E-state index in [0.717, 1.165) is 54.4 Å². The summed E-state index contributed by atoms with van der Waals surface area (Å²) in [4.78, 5) is 16.6. The summed E-state index contributed by atoms with van der Waals surface area (Å²) >= 11 is 6.14. The number of fused-ring (bicyclic) bond motifs is 5. The number of ether oxygens (including phenoxy) is 1. The van der Waals surface area contributed by atoms with Gasteiger partial charge in [0.15, 0.2) is 0 Å². The van der Waals surface area contributed by atoms with Crippen molar-refractivity contribution in [3.63, 3.8) is 0 Å². The van der Waals surface area contributed by atoms with Crippen LogP contribution in [0.4, 0.5) is 5.69 Å². The number of halogens is 1. The van der Waals surface area contributed by atoms with Crippen LogP contribution >= 0.6 is 11.6 Å². The molecule has 0 aliphatic heterocycles. The van der Waals surface area contributed by atoms with E-state index < -0.39 is 0 Å². The number of carbonyl (C=O) groups is 1. The highest BCUT2D eigenvalue weighted by Crippen LogP contribution is 2.47. The maximum absolute atomic E-state index is 11.7. The summed E-state index contributed by atoms with van der Waals surface area (Å²) in [5.41, 5.74) is 12.1. The lowest BCUT2D eigenvalue weighted by Crippen LogP contribution is -2.25. The minimum Gasteiger partial charge on any atom is -0.469 e. The van der Waals surface area contributed by atoms with Crippen LogP contribution in [-0.2, 0) is 16.0 Å². The summed E-state index contributed by atoms with van der Waals surface area (Å²) in [6.45, 7) is 1.94. The van der Waals surface area contributed by atoms with E-state index in [0.29, 0.717) is 16.9 Å². The van der Waals surface area contributed by atoms with Crippen LogP contribution in [0, 0.1) is 11.8 Å². The van der Waals surface area contributed by atoms with Crippen LogP contribution in [0.1, 0.15) is 49.8 Å². The number of nitrogen functional groups attached to an aromatic ring is 1. The first-order chi connectivity index (χ1) is 13.0. The number of aromatic nitrogens is 1. The molecule has 0 amide bonds. The zero-order valence-corrected chi connectivity index (χ0v) is 16.6. The van der Waals surface area contributed by atoms with E-state index in [1.807, 2.05) is 25.1 Å². The second-order valence-corrected chi connectivity index (χ2v) is 8.37. The second-order valence-electron chi connectivity index (χ2n) is 7.94. The predicted molar refractivity (Wildman–Crippen MR) is 109 cm³/mol. The quantitative estimate of drug-likeness (QED) is 0.592. The molecule has 0 spiro atoms. The number of pyridine rings is 1. The molecule has 4 nitrogen and oxygen atoms in total. The molecular weight excluding hydrogens is 360 g/mol. The highest BCUT2D eigenvalue weighted by Gasteiger charge is 2.33. The van der Waals surface area contributed by atoms with Crippen molar-refractivity contribution in [2.24, 2.45) is 11.8 Å². The molecule has 0 saturated carbocycles. The van der Waals surface area contributed by atoms with Crippen molar-refractivity contribution in [2.75, 3.05) is 12.8 Å². The number of nitrogens with zero attached hydrogens (tertiary/aromatic N) is 1. The first-order valence-corrected chi connectivity index (χ1v) is 9.99. The normalized spacial score (nSPS) is 22.1. The number of carbonyl (C=O) groups excluding carboxylic acids is 1. The third kappa shape index (κ3) is 3.43. The monoisotopic (exact) mass is 384 g/mol. The summed E-state index contributed by atoms with van der Waals surface area (Å²) in [5, 5.41) is 1.68. The average molecular weight is 385 g/mol. The Hall–Kier alpha value is -2.07. The lowest BCUT2D eigenvalue weighted by molar-refractivity contribution is -0.145. The molecule has 4 rings (SSSR count). The standard InChI is InChI=1S/C22H25ClN2O2/c1-12(22(26)27-2)3-4-13-7-14-9-15(8-13)20-19(10-14)25-18-11-16(23)5-6-17(18)21(20)24/h5-7,11-12,14-15H,3-4,8-10H2,1-2H3,(H2,24,25). The molecule has 27 heavy (non-hydrogen) atoms. The third-order valence-electron chi connectivity index (χ3n) is 6.04. The zero-order valence-electron chi connectivity index (χ0n) is 15.8. The van der Waals surface area contributed by atoms with Gasteiger partial charge in [0, 0.05) is 27.4 Å². The first kappa shape index (κ1) is 18.3. The van der Waals surface area contributed by atoms with Gasteiger partial charge in [-0.15, -0.1) is 0 Å². The lowest BCUT2D eigenvalue weighted by atomic mass is 9.70. The average Bonchev–Trinajstić information content (AvgIpc) is 2.64. The minimum absolute atomic E-state index is 0.0645. The Morgan fingerprint density at radius 1 is 1.41 bits per heavy atom. The summed E-state index contributed by atoms with van der Waals surface area (Å²) in [6, 6.07) is 5.75. The van der Waals surface area contributed by atoms with Crippen LogP contribution < -0.4 is 5.73 Å². The maximum Gasteiger partial charge on any atom is 0.308 e. The van der Waals surface area contributed by atoms with Gasteiger partial charge in [0.1, 0.15) is 0 Å². The molecule has 0 fully saturated rings. The number of nitrogens with two attached hydrogens (primary N) is 1. The molecule has 1 heterocycles. The smallest absolute Gasteiger partial charge is 0.308 e. The molecule has 1 aromatic carbocycles. The largest absolute Gasteiger partial charge is 0.469 e. The van der Waals surface area contributed by atoms with Gasteiger partial charge >= 0.3 is 5.97 Å². The highest BCUT2D eigenvalue weighted by molar-refractivity contribution is 6.31. The van der Waals surface area contributed by atoms with Crippen molar-refractivity contribution in [2.45, 2.75) is 44.9 Å². The van der Waals surface area contributed by atoms with Crippen molar-refractivity contribution >= 4 is 34.2 Å². The van der Waals surface area contributed by atoms with Crippen LogP contribution in [0.3, 0.4) is 0 Å². The van der Waals surface area contributed by atoms with Crippen LogP contribution in [0.2, 0.25) is 5.02 Å². The maximum atomic E-state index is 11.7. The molecule has 142 valence electrons. The molecular formula is C22H25ClN2O2. The molecule has 3 atom stereocenters. The number of rotatable bonds is 4. The fourth-order valence-electron chi connectivity index (χ4n) is 4.69. The van der Waals surface area contributed by atoms with Gasteiger partial charge in [-0.1, -0.05) is 30.2 Å². The van der Waals surface area contributed by atoms with Crippen molar-refractivity contribution in [3.8, 4) is 0 Å². The van der Waals surface area contributed by atoms with Crippen molar-refractivity contribution < 1.29 is 9.53 Å². The van der Waals surface area contributed by atoms with Gasteiger partial charge in [-0.2, -0.15) is 0 Å². The molecule has 1 aromatic heterocycles. The first-order valence-electron chi connectivity index (χ1n) is 9.61. The van der Waals surface area contributed by atoms with Crippen molar-refractivity contribution in [1.82, 2.24) is 4.98 Å².